The van der Waals surface area contributed by atoms with Gasteiger partial charge in [-0.1, -0.05) is 31.5 Å². The second kappa shape index (κ2) is 10.5. The van der Waals surface area contributed by atoms with Crippen molar-refractivity contribution in [3.05, 3.63) is 64.1 Å². The highest BCUT2D eigenvalue weighted by Crippen LogP contribution is 2.35. The van der Waals surface area contributed by atoms with Crippen LogP contribution < -0.4 is 21.7 Å². The largest absolute Gasteiger partial charge is 0.467 e. The number of anilines is 2. The van der Waals surface area contributed by atoms with Gasteiger partial charge in [0.1, 0.15) is 10.6 Å². The molecule has 0 saturated heterocycles. The fraction of sp³-hybridized carbons (Fsp3) is 0.333. The molecule has 0 spiro atoms. The molecule has 0 saturated carbocycles. The van der Waals surface area contributed by atoms with Crippen LogP contribution in [-0.2, 0) is 4.79 Å². The molecule has 0 fully saturated rings. The third-order valence-electron chi connectivity index (χ3n) is 5.33. The molecule has 2 heterocycles. The van der Waals surface area contributed by atoms with Gasteiger partial charge in [-0.2, -0.15) is 4.37 Å². The zero-order chi connectivity index (χ0) is 25.0. The maximum atomic E-state index is 13.9. The van der Waals surface area contributed by atoms with E-state index in [-0.39, 0.29) is 22.0 Å². The van der Waals surface area contributed by atoms with Gasteiger partial charge in [0, 0.05) is 12.2 Å². The van der Waals surface area contributed by atoms with Crippen LogP contribution in [-0.4, -0.2) is 28.6 Å². The van der Waals surface area contributed by atoms with E-state index in [1.807, 2.05) is 26.0 Å². The molecular weight excluding hydrogens is 454 g/mol. The van der Waals surface area contributed by atoms with E-state index < -0.39 is 23.8 Å². The molecule has 1 aromatic carbocycles. The highest BCUT2D eigenvalue weighted by atomic mass is 32.1. The van der Waals surface area contributed by atoms with Gasteiger partial charge in [0.05, 0.1) is 12.0 Å². The molecule has 0 bridgehead atoms. The Balaban J connectivity index is 2.14. The highest BCUT2D eigenvalue weighted by Gasteiger charge is 2.38. The van der Waals surface area contributed by atoms with E-state index in [9.17, 15) is 14.4 Å². The number of hydrogen-bond acceptors (Lipinski definition) is 7. The summed E-state index contributed by atoms with van der Waals surface area (Å²) in [6.45, 7) is 8.35. The lowest BCUT2D eigenvalue weighted by Crippen LogP contribution is -2.44. The van der Waals surface area contributed by atoms with E-state index in [2.05, 4.69) is 23.5 Å². The van der Waals surface area contributed by atoms with Crippen LogP contribution in [0, 0.1) is 19.8 Å². The Morgan fingerprint density at radius 3 is 2.50 bits per heavy atom. The van der Waals surface area contributed by atoms with Crippen LogP contribution in [0.15, 0.2) is 41.0 Å². The van der Waals surface area contributed by atoms with E-state index in [1.54, 1.807) is 18.2 Å². The Morgan fingerprint density at radius 2 is 1.94 bits per heavy atom. The average Bonchev–Trinajstić information content (AvgIpc) is 3.41. The van der Waals surface area contributed by atoms with Crippen LogP contribution in [0.1, 0.15) is 63.4 Å². The van der Waals surface area contributed by atoms with Crippen LogP contribution in [0.5, 0.6) is 0 Å². The van der Waals surface area contributed by atoms with Crippen molar-refractivity contribution < 1.29 is 18.8 Å². The maximum Gasteiger partial charge on any atom is 0.273 e. The fourth-order valence-corrected chi connectivity index (χ4v) is 4.32. The first-order valence-electron chi connectivity index (χ1n) is 10.9. The molecule has 180 valence electrons. The number of benzene rings is 1. The predicted octanol–water partition coefficient (Wildman–Crippen LogP) is 3.58. The third kappa shape index (κ3) is 5.28. The Labute approximate surface area is 202 Å². The molecule has 34 heavy (non-hydrogen) atoms. The molecular formula is C24H29N5O4S. The summed E-state index contributed by atoms with van der Waals surface area (Å²) < 4.78 is 9.55. The smallest absolute Gasteiger partial charge is 0.273 e. The zero-order valence-electron chi connectivity index (χ0n) is 19.6. The second-order valence-electron chi connectivity index (χ2n) is 8.49. The van der Waals surface area contributed by atoms with E-state index in [0.29, 0.717) is 18.2 Å². The van der Waals surface area contributed by atoms with Crippen molar-refractivity contribution in [1.82, 2.24) is 9.69 Å². The fourth-order valence-electron chi connectivity index (χ4n) is 3.58. The summed E-state index contributed by atoms with van der Waals surface area (Å²) in [6, 6.07) is 7.71. The number of furan rings is 1. The number of amides is 3. The van der Waals surface area contributed by atoms with Crippen LogP contribution in [0.3, 0.4) is 0 Å². The number of nitrogens with zero attached hydrogens (tertiary/aromatic N) is 2. The number of nitrogen functional groups attached to an aromatic ring is 1. The maximum absolute atomic E-state index is 13.9. The first-order valence-corrected chi connectivity index (χ1v) is 11.7. The zero-order valence-corrected chi connectivity index (χ0v) is 20.4. The van der Waals surface area contributed by atoms with E-state index >= 15 is 0 Å². The standard InChI is InChI=1S/C24H29N5O4S/c1-13(2)9-10-27-23(31)20(17-6-5-11-33-17)29(16-8-7-14(3)12-15(16)4)24(32)21-18(25)19(22(26)30)28-34-21/h5-8,11-13,20H,9-10,25H2,1-4H3,(H2,26,30)(H,27,31)/t20-/m0/s1. The molecule has 1 atom stereocenters. The minimum atomic E-state index is -1.12. The number of carbonyl (C=O) groups excluding carboxylic acids is 3. The quantitative estimate of drug-likeness (QED) is 0.424. The summed E-state index contributed by atoms with van der Waals surface area (Å²) in [5, 5.41) is 2.92. The molecule has 3 aromatic rings. The number of aromatic nitrogens is 1. The van der Waals surface area contributed by atoms with Crippen molar-refractivity contribution in [2.45, 2.75) is 40.2 Å². The average molecular weight is 484 g/mol. The van der Waals surface area contributed by atoms with Crippen LogP contribution in [0.4, 0.5) is 11.4 Å². The summed E-state index contributed by atoms with van der Waals surface area (Å²) in [7, 11) is 0. The van der Waals surface area contributed by atoms with E-state index in [1.165, 1.54) is 11.2 Å². The van der Waals surface area contributed by atoms with Crippen LogP contribution in [0.2, 0.25) is 0 Å². The summed E-state index contributed by atoms with van der Waals surface area (Å²) >= 11 is 0.763. The SMILES string of the molecule is Cc1ccc(N(C(=O)c2snc(C(N)=O)c2N)[C@H](C(=O)NCCC(C)C)c2ccco2)c(C)c1. The minimum Gasteiger partial charge on any atom is -0.467 e. The molecule has 3 rings (SSSR count). The molecule has 0 aliphatic rings. The van der Waals surface area contributed by atoms with Crippen molar-refractivity contribution in [1.29, 1.82) is 0 Å². The van der Waals surface area contributed by atoms with Gasteiger partial charge in [-0.15, -0.1) is 0 Å². The lowest BCUT2D eigenvalue weighted by Gasteiger charge is -2.31. The molecule has 0 radical (unpaired) electrons. The van der Waals surface area contributed by atoms with Gasteiger partial charge in [-0.25, -0.2) is 0 Å². The number of carbonyl (C=O) groups is 3. The van der Waals surface area contributed by atoms with Gasteiger partial charge in [-0.05, 0) is 61.5 Å². The summed E-state index contributed by atoms with van der Waals surface area (Å²) in [6.07, 6.45) is 2.22. The Morgan fingerprint density at radius 1 is 1.21 bits per heavy atom. The van der Waals surface area contributed by atoms with Crippen molar-refractivity contribution in [2.75, 3.05) is 17.2 Å². The molecule has 0 aliphatic carbocycles. The number of aryl methyl sites for hydroxylation is 2. The lowest BCUT2D eigenvalue weighted by molar-refractivity contribution is -0.122. The van der Waals surface area contributed by atoms with Crippen molar-refractivity contribution in [2.24, 2.45) is 11.7 Å². The van der Waals surface area contributed by atoms with Gasteiger partial charge in [0.15, 0.2) is 11.7 Å². The molecule has 2 aromatic heterocycles. The Bertz CT molecular complexity index is 1190. The van der Waals surface area contributed by atoms with Gasteiger partial charge >= 0.3 is 0 Å². The minimum absolute atomic E-state index is 0.0142. The van der Waals surface area contributed by atoms with Crippen molar-refractivity contribution in [3.63, 3.8) is 0 Å². The summed E-state index contributed by atoms with van der Waals surface area (Å²) in [4.78, 5) is 40.4. The van der Waals surface area contributed by atoms with E-state index in [0.717, 1.165) is 29.1 Å². The van der Waals surface area contributed by atoms with Gasteiger partial charge in [-0.3, -0.25) is 19.3 Å². The van der Waals surface area contributed by atoms with Gasteiger partial charge in [0.2, 0.25) is 0 Å². The Kier molecular flexibility index (Phi) is 7.72. The molecule has 3 amide bonds. The summed E-state index contributed by atoms with van der Waals surface area (Å²) in [5.74, 6) is -1.14. The van der Waals surface area contributed by atoms with Crippen molar-refractivity contribution in [3.8, 4) is 0 Å². The van der Waals surface area contributed by atoms with Gasteiger partial charge in [0.25, 0.3) is 17.7 Å². The molecule has 9 nitrogen and oxygen atoms in total. The molecule has 0 unspecified atom stereocenters. The number of nitrogens with two attached hydrogens (primary N) is 2. The monoisotopic (exact) mass is 483 g/mol. The van der Waals surface area contributed by atoms with Crippen LogP contribution >= 0.6 is 11.5 Å². The predicted molar refractivity (Wildman–Crippen MR) is 132 cm³/mol. The second-order valence-corrected chi connectivity index (χ2v) is 9.27. The van der Waals surface area contributed by atoms with E-state index in [4.69, 9.17) is 15.9 Å². The summed E-state index contributed by atoms with van der Waals surface area (Å²) in [5.41, 5.74) is 13.4. The number of primary amides is 1. The van der Waals surface area contributed by atoms with Crippen molar-refractivity contribution >= 4 is 40.6 Å². The number of nitrogens with one attached hydrogen (secondary N) is 1. The first kappa shape index (κ1) is 25.0. The highest BCUT2D eigenvalue weighted by molar-refractivity contribution is 7.09. The molecule has 10 heteroatoms. The normalized spacial score (nSPS) is 11.9. The number of rotatable bonds is 9. The first-order chi connectivity index (χ1) is 16.1. The Hall–Kier alpha value is -3.66. The molecule has 5 N–H and O–H groups in total. The number of hydrogen-bond donors (Lipinski definition) is 3. The third-order valence-corrected chi connectivity index (χ3v) is 6.18. The molecule has 0 aliphatic heterocycles. The topological polar surface area (TPSA) is 145 Å². The van der Waals surface area contributed by atoms with Gasteiger partial charge < -0.3 is 21.2 Å². The lowest BCUT2D eigenvalue weighted by atomic mass is 10.0. The van der Waals surface area contributed by atoms with Crippen LogP contribution in [0.25, 0.3) is 0 Å².